The summed E-state index contributed by atoms with van der Waals surface area (Å²) in [5.41, 5.74) is 6.03. The minimum absolute atomic E-state index is 0.319. The summed E-state index contributed by atoms with van der Waals surface area (Å²) in [6.07, 6.45) is 3.40. The Morgan fingerprint density at radius 1 is 1.04 bits per heavy atom. The summed E-state index contributed by atoms with van der Waals surface area (Å²) in [7, 11) is 0. The first-order chi connectivity index (χ1) is 11.2. The molecule has 2 aliphatic heterocycles. The van der Waals surface area contributed by atoms with Gasteiger partial charge in [-0.15, -0.1) is 0 Å². The molecular weight excluding hydrogens is 294 g/mol. The second-order valence-corrected chi connectivity index (χ2v) is 6.63. The van der Waals surface area contributed by atoms with E-state index in [-0.39, 0.29) is 0 Å². The average Bonchev–Trinajstić information content (AvgIpc) is 2.54. The summed E-state index contributed by atoms with van der Waals surface area (Å²) >= 11 is 0. The first-order valence-corrected chi connectivity index (χ1v) is 8.88. The van der Waals surface area contributed by atoms with Crippen molar-refractivity contribution in [2.75, 3.05) is 65.6 Å². The van der Waals surface area contributed by atoms with Crippen LogP contribution in [0.5, 0.6) is 0 Å². The van der Waals surface area contributed by atoms with Gasteiger partial charge in [-0.3, -0.25) is 14.7 Å². The van der Waals surface area contributed by atoms with Crippen molar-refractivity contribution in [3.05, 3.63) is 0 Å². The molecule has 2 N–H and O–H groups in total. The lowest BCUT2D eigenvalue weighted by Crippen LogP contribution is -2.51. The van der Waals surface area contributed by atoms with Gasteiger partial charge in [-0.1, -0.05) is 6.42 Å². The van der Waals surface area contributed by atoms with E-state index in [1.807, 2.05) is 4.90 Å². The van der Waals surface area contributed by atoms with Gasteiger partial charge in [0.05, 0.1) is 19.8 Å². The number of hydrogen-bond donors (Lipinski definition) is 1. The summed E-state index contributed by atoms with van der Waals surface area (Å²) in [4.78, 5) is 23.2. The van der Waals surface area contributed by atoms with Gasteiger partial charge in [0.2, 0.25) is 5.91 Å². The Balaban J connectivity index is 1.34. The molecule has 0 atom stereocenters. The maximum Gasteiger partial charge on any atom is 0.225 e. The second kappa shape index (κ2) is 7.97. The van der Waals surface area contributed by atoms with E-state index in [4.69, 9.17) is 10.5 Å². The number of nitrogens with zero attached hydrogens (tertiary/aromatic N) is 4. The molecule has 3 rings (SSSR count). The number of nitrogens with two attached hydrogens (primary N) is 1. The fraction of sp³-hybridized carbons (Fsp3) is 0.875. The van der Waals surface area contributed by atoms with Crippen molar-refractivity contribution in [3.63, 3.8) is 0 Å². The number of ether oxygens (including phenoxy) is 1. The molecule has 1 aliphatic carbocycles. The van der Waals surface area contributed by atoms with Crippen molar-refractivity contribution in [1.82, 2.24) is 14.7 Å². The quantitative estimate of drug-likeness (QED) is 0.562. The van der Waals surface area contributed by atoms with Crippen LogP contribution >= 0.6 is 0 Å². The van der Waals surface area contributed by atoms with Crippen molar-refractivity contribution in [1.29, 1.82) is 0 Å². The van der Waals surface area contributed by atoms with Gasteiger partial charge in [0.1, 0.15) is 0 Å². The summed E-state index contributed by atoms with van der Waals surface area (Å²) < 4.78 is 5.32. The van der Waals surface area contributed by atoms with Crippen LogP contribution in [0, 0.1) is 5.92 Å². The van der Waals surface area contributed by atoms with Crippen molar-refractivity contribution >= 4 is 11.9 Å². The fourth-order valence-electron chi connectivity index (χ4n) is 3.30. The SMILES string of the molecule is NC(=NCCN1CCN(C(=O)C2CCC2)CC1)N1CCOCC1. The highest BCUT2D eigenvalue weighted by Gasteiger charge is 2.30. The smallest absolute Gasteiger partial charge is 0.225 e. The third-order valence-corrected chi connectivity index (χ3v) is 5.16. The molecule has 3 aliphatic rings. The predicted molar refractivity (Wildman–Crippen MR) is 89.2 cm³/mol. The molecule has 0 aromatic carbocycles. The molecule has 7 heteroatoms. The van der Waals surface area contributed by atoms with E-state index in [1.54, 1.807) is 0 Å². The Labute approximate surface area is 138 Å². The van der Waals surface area contributed by atoms with Gasteiger partial charge in [-0.2, -0.15) is 0 Å². The third kappa shape index (κ3) is 4.35. The minimum Gasteiger partial charge on any atom is -0.378 e. The number of morpholine rings is 1. The van der Waals surface area contributed by atoms with E-state index < -0.39 is 0 Å². The Kier molecular flexibility index (Phi) is 5.72. The lowest BCUT2D eigenvalue weighted by molar-refractivity contribution is -0.139. The van der Waals surface area contributed by atoms with Crippen LogP contribution in [-0.2, 0) is 9.53 Å². The number of carbonyl (C=O) groups is 1. The van der Waals surface area contributed by atoms with Crippen LogP contribution in [-0.4, -0.2) is 92.1 Å². The van der Waals surface area contributed by atoms with E-state index in [1.165, 1.54) is 6.42 Å². The molecule has 0 bridgehead atoms. The Hall–Kier alpha value is -1.34. The monoisotopic (exact) mass is 323 g/mol. The molecule has 0 aromatic heterocycles. The van der Waals surface area contributed by atoms with Crippen molar-refractivity contribution in [3.8, 4) is 0 Å². The Bertz CT molecular complexity index is 424. The third-order valence-electron chi connectivity index (χ3n) is 5.16. The Morgan fingerprint density at radius 2 is 1.74 bits per heavy atom. The van der Waals surface area contributed by atoms with Gasteiger partial charge in [-0.25, -0.2) is 0 Å². The average molecular weight is 323 g/mol. The molecule has 2 heterocycles. The van der Waals surface area contributed by atoms with Crippen LogP contribution in [0.3, 0.4) is 0 Å². The van der Waals surface area contributed by atoms with E-state index in [0.29, 0.717) is 17.8 Å². The van der Waals surface area contributed by atoms with Crippen molar-refractivity contribution in [2.45, 2.75) is 19.3 Å². The van der Waals surface area contributed by atoms with Crippen LogP contribution in [0.1, 0.15) is 19.3 Å². The highest BCUT2D eigenvalue weighted by molar-refractivity contribution is 5.79. The molecule has 1 saturated carbocycles. The second-order valence-electron chi connectivity index (χ2n) is 6.63. The number of hydrogen-bond acceptors (Lipinski definition) is 4. The van der Waals surface area contributed by atoms with Crippen molar-refractivity contribution in [2.24, 2.45) is 16.6 Å². The van der Waals surface area contributed by atoms with E-state index in [2.05, 4.69) is 14.8 Å². The summed E-state index contributed by atoms with van der Waals surface area (Å²) in [5, 5.41) is 0. The molecule has 0 spiro atoms. The minimum atomic E-state index is 0.319. The zero-order valence-electron chi connectivity index (χ0n) is 14.0. The molecule has 23 heavy (non-hydrogen) atoms. The van der Waals surface area contributed by atoms with Gasteiger partial charge >= 0.3 is 0 Å². The van der Waals surface area contributed by atoms with Crippen LogP contribution < -0.4 is 5.73 Å². The van der Waals surface area contributed by atoms with Gasteiger partial charge in [-0.05, 0) is 12.8 Å². The molecule has 0 radical (unpaired) electrons. The van der Waals surface area contributed by atoms with Gasteiger partial charge < -0.3 is 20.3 Å². The van der Waals surface area contributed by atoms with Crippen molar-refractivity contribution < 1.29 is 9.53 Å². The van der Waals surface area contributed by atoms with Gasteiger partial charge in [0.15, 0.2) is 5.96 Å². The molecule has 3 fully saturated rings. The standard InChI is InChI=1S/C16H29N5O2/c17-16(21-10-12-23-13-11-21)18-4-5-19-6-8-20(9-7-19)15(22)14-2-1-3-14/h14H,1-13H2,(H2,17,18). The molecule has 0 unspecified atom stereocenters. The molecule has 0 aromatic rings. The summed E-state index contributed by atoms with van der Waals surface area (Å²) in [6, 6.07) is 0. The number of aliphatic imine (C=N–C) groups is 1. The lowest BCUT2D eigenvalue weighted by Gasteiger charge is -2.38. The largest absolute Gasteiger partial charge is 0.378 e. The number of rotatable bonds is 4. The number of guanidine groups is 1. The van der Waals surface area contributed by atoms with Crippen LogP contribution in [0.15, 0.2) is 4.99 Å². The molecule has 130 valence electrons. The summed E-state index contributed by atoms with van der Waals surface area (Å²) in [6.45, 7) is 8.37. The lowest BCUT2D eigenvalue weighted by atomic mass is 9.84. The number of carbonyl (C=O) groups excluding carboxylic acids is 1. The van der Waals surface area contributed by atoms with Gasteiger partial charge in [0, 0.05) is 51.7 Å². The first-order valence-electron chi connectivity index (χ1n) is 8.88. The molecular formula is C16H29N5O2. The maximum absolute atomic E-state index is 12.2. The number of piperazine rings is 1. The van der Waals surface area contributed by atoms with E-state index >= 15 is 0 Å². The topological polar surface area (TPSA) is 74.4 Å². The van der Waals surface area contributed by atoms with Crippen LogP contribution in [0.4, 0.5) is 0 Å². The first kappa shape index (κ1) is 16.5. The summed E-state index contributed by atoms with van der Waals surface area (Å²) in [5.74, 6) is 1.33. The molecule has 2 saturated heterocycles. The fourth-order valence-corrected chi connectivity index (χ4v) is 3.30. The maximum atomic E-state index is 12.2. The number of amides is 1. The van der Waals surface area contributed by atoms with E-state index in [9.17, 15) is 4.79 Å². The predicted octanol–water partition coefficient (Wildman–Crippen LogP) is -0.422. The van der Waals surface area contributed by atoms with Crippen LogP contribution in [0.25, 0.3) is 0 Å². The molecule has 1 amide bonds. The normalized spacial score (nSPS) is 24.6. The Morgan fingerprint density at radius 3 is 2.35 bits per heavy atom. The highest BCUT2D eigenvalue weighted by atomic mass is 16.5. The zero-order chi connectivity index (χ0) is 16.1. The zero-order valence-corrected chi connectivity index (χ0v) is 14.0. The van der Waals surface area contributed by atoms with Crippen LogP contribution in [0.2, 0.25) is 0 Å². The van der Waals surface area contributed by atoms with E-state index in [0.717, 1.165) is 78.4 Å². The highest BCUT2D eigenvalue weighted by Crippen LogP contribution is 2.28. The molecule has 7 nitrogen and oxygen atoms in total. The van der Waals surface area contributed by atoms with Gasteiger partial charge in [0.25, 0.3) is 0 Å².